The SMILES string of the molecule is C1=C(CC2=CCCCCC2)CCCC1. The molecule has 0 heteroatoms. The van der Waals surface area contributed by atoms with Crippen LogP contribution in [0.4, 0.5) is 0 Å². The van der Waals surface area contributed by atoms with Crippen molar-refractivity contribution in [2.24, 2.45) is 0 Å². The summed E-state index contributed by atoms with van der Waals surface area (Å²) in [7, 11) is 0. The Hall–Kier alpha value is -0.520. The first-order valence-corrected chi connectivity index (χ1v) is 6.31. The van der Waals surface area contributed by atoms with Crippen LogP contribution in [0.2, 0.25) is 0 Å². The maximum Gasteiger partial charge on any atom is -0.0108 e. The molecule has 0 aromatic carbocycles. The molecule has 2 aliphatic rings. The van der Waals surface area contributed by atoms with Gasteiger partial charge in [0.25, 0.3) is 0 Å². The lowest BCUT2D eigenvalue weighted by molar-refractivity contribution is 0.674. The fraction of sp³-hybridized carbons (Fsp3) is 0.714. The molecular formula is C14H22. The summed E-state index contributed by atoms with van der Waals surface area (Å²) in [5, 5.41) is 0. The van der Waals surface area contributed by atoms with E-state index < -0.39 is 0 Å². The molecule has 0 saturated heterocycles. The fourth-order valence-electron chi connectivity index (χ4n) is 2.60. The molecule has 0 heterocycles. The van der Waals surface area contributed by atoms with Crippen LogP contribution in [0, 0.1) is 0 Å². The summed E-state index contributed by atoms with van der Waals surface area (Å²) >= 11 is 0. The third kappa shape index (κ3) is 3.01. The van der Waals surface area contributed by atoms with Crippen LogP contribution in [0.3, 0.4) is 0 Å². The van der Waals surface area contributed by atoms with Gasteiger partial charge in [-0.3, -0.25) is 0 Å². The molecule has 0 N–H and O–H groups in total. The van der Waals surface area contributed by atoms with Crippen LogP contribution in [-0.4, -0.2) is 0 Å². The Kier molecular flexibility index (Phi) is 3.85. The summed E-state index contributed by atoms with van der Waals surface area (Å²) in [6.45, 7) is 0. The van der Waals surface area contributed by atoms with Crippen LogP contribution in [0.15, 0.2) is 23.3 Å². The molecule has 2 aliphatic carbocycles. The number of allylic oxidation sites excluding steroid dienone is 4. The van der Waals surface area contributed by atoms with Gasteiger partial charge >= 0.3 is 0 Å². The summed E-state index contributed by atoms with van der Waals surface area (Å²) < 4.78 is 0. The highest BCUT2D eigenvalue weighted by Crippen LogP contribution is 2.27. The van der Waals surface area contributed by atoms with Gasteiger partial charge in [-0.15, -0.1) is 0 Å². The number of hydrogen-bond acceptors (Lipinski definition) is 0. The summed E-state index contributed by atoms with van der Waals surface area (Å²) in [5.41, 5.74) is 3.46. The summed E-state index contributed by atoms with van der Waals surface area (Å²) in [6.07, 6.45) is 18.9. The van der Waals surface area contributed by atoms with Gasteiger partial charge in [0.15, 0.2) is 0 Å². The third-order valence-electron chi connectivity index (χ3n) is 3.47. The molecule has 0 fully saturated rings. The Bertz CT molecular complexity index is 232. The van der Waals surface area contributed by atoms with Crippen molar-refractivity contribution in [1.82, 2.24) is 0 Å². The van der Waals surface area contributed by atoms with Crippen molar-refractivity contribution < 1.29 is 0 Å². The van der Waals surface area contributed by atoms with E-state index >= 15 is 0 Å². The molecule has 0 saturated carbocycles. The second kappa shape index (κ2) is 5.38. The van der Waals surface area contributed by atoms with Gasteiger partial charge in [0, 0.05) is 0 Å². The minimum atomic E-state index is 1.31. The van der Waals surface area contributed by atoms with Crippen molar-refractivity contribution in [2.45, 2.75) is 64.2 Å². The Morgan fingerprint density at radius 1 is 0.714 bits per heavy atom. The normalized spacial score (nSPS) is 23.7. The van der Waals surface area contributed by atoms with E-state index in [2.05, 4.69) is 12.2 Å². The van der Waals surface area contributed by atoms with E-state index in [1.165, 1.54) is 64.2 Å². The largest absolute Gasteiger partial charge is 0.0850 e. The molecule has 0 amide bonds. The maximum absolute atomic E-state index is 2.52. The molecule has 78 valence electrons. The second-order valence-electron chi connectivity index (χ2n) is 4.75. The highest BCUT2D eigenvalue weighted by Gasteiger charge is 2.07. The van der Waals surface area contributed by atoms with Crippen LogP contribution in [0.1, 0.15) is 64.2 Å². The lowest BCUT2D eigenvalue weighted by Crippen LogP contribution is -1.94. The van der Waals surface area contributed by atoms with Gasteiger partial charge in [0.05, 0.1) is 0 Å². The first-order chi connectivity index (χ1) is 6.95. The van der Waals surface area contributed by atoms with E-state index in [4.69, 9.17) is 0 Å². The fourth-order valence-corrected chi connectivity index (χ4v) is 2.60. The predicted octanol–water partition coefficient (Wildman–Crippen LogP) is 4.77. The van der Waals surface area contributed by atoms with E-state index in [9.17, 15) is 0 Å². The van der Waals surface area contributed by atoms with E-state index in [0.29, 0.717) is 0 Å². The smallest absolute Gasteiger partial charge is 0.0108 e. The van der Waals surface area contributed by atoms with E-state index in [1.54, 1.807) is 11.1 Å². The molecule has 14 heavy (non-hydrogen) atoms. The number of rotatable bonds is 2. The maximum atomic E-state index is 2.52. The van der Waals surface area contributed by atoms with Crippen molar-refractivity contribution >= 4 is 0 Å². The molecule has 0 aromatic rings. The van der Waals surface area contributed by atoms with Gasteiger partial charge in [-0.1, -0.05) is 29.7 Å². The monoisotopic (exact) mass is 190 g/mol. The van der Waals surface area contributed by atoms with Crippen LogP contribution in [0.25, 0.3) is 0 Å². The first kappa shape index (κ1) is 10.0. The average Bonchev–Trinajstić information content (AvgIpc) is 2.48. The Morgan fingerprint density at radius 2 is 1.29 bits per heavy atom. The minimum absolute atomic E-state index is 1.31. The van der Waals surface area contributed by atoms with Crippen molar-refractivity contribution in [3.63, 3.8) is 0 Å². The quantitative estimate of drug-likeness (QED) is 0.550. The van der Waals surface area contributed by atoms with Crippen LogP contribution < -0.4 is 0 Å². The molecule has 2 rings (SSSR count). The molecular weight excluding hydrogens is 168 g/mol. The van der Waals surface area contributed by atoms with Crippen LogP contribution in [-0.2, 0) is 0 Å². The molecule has 0 spiro atoms. The lowest BCUT2D eigenvalue weighted by atomic mass is 9.92. The van der Waals surface area contributed by atoms with E-state index in [-0.39, 0.29) is 0 Å². The van der Waals surface area contributed by atoms with Gasteiger partial charge in [-0.2, -0.15) is 0 Å². The van der Waals surface area contributed by atoms with Gasteiger partial charge < -0.3 is 0 Å². The zero-order valence-corrected chi connectivity index (χ0v) is 9.23. The Labute approximate surface area is 88.1 Å². The Morgan fingerprint density at radius 3 is 1.93 bits per heavy atom. The third-order valence-corrected chi connectivity index (χ3v) is 3.47. The van der Waals surface area contributed by atoms with Gasteiger partial charge in [-0.05, 0) is 57.8 Å². The van der Waals surface area contributed by atoms with Crippen molar-refractivity contribution in [3.05, 3.63) is 23.3 Å². The van der Waals surface area contributed by atoms with E-state index in [0.717, 1.165) is 0 Å². The topological polar surface area (TPSA) is 0 Å². The van der Waals surface area contributed by atoms with Crippen molar-refractivity contribution in [3.8, 4) is 0 Å². The molecule has 0 unspecified atom stereocenters. The van der Waals surface area contributed by atoms with Gasteiger partial charge in [-0.25, -0.2) is 0 Å². The molecule has 0 aliphatic heterocycles. The minimum Gasteiger partial charge on any atom is -0.0850 e. The summed E-state index contributed by atoms with van der Waals surface area (Å²) in [6, 6.07) is 0. The molecule has 0 radical (unpaired) electrons. The van der Waals surface area contributed by atoms with Gasteiger partial charge in [0.1, 0.15) is 0 Å². The standard InChI is InChI=1S/C14H22/c1-2-5-9-13(8-4-1)12-14-10-6-3-7-11-14/h8,10H,1-7,9,11-12H2. The second-order valence-corrected chi connectivity index (χ2v) is 4.75. The van der Waals surface area contributed by atoms with Crippen molar-refractivity contribution in [2.75, 3.05) is 0 Å². The summed E-state index contributed by atoms with van der Waals surface area (Å²) in [5.74, 6) is 0. The summed E-state index contributed by atoms with van der Waals surface area (Å²) in [4.78, 5) is 0. The van der Waals surface area contributed by atoms with Crippen LogP contribution >= 0.6 is 0 Å². The Balaban J connectivity index is 1.88. The molecule has 0 atom stereocenters. The zero-order chi connectivity index (χ0) is 9.64. The molecule has 0 nitrogen and oxygen atoms in total. The predicted molar refractivity (Wildman–Crippen MR) is 62.3 cm³/mol. The number of hydrogen-bond donors (Lipinski definition) is 0. The lowest BCUT2D eigenvalue weighted by Gasteiger charge is -2.14. The highest BCUT2D eigenvalue weighted by molar-refractivity contribution is 5.17. The molecule has 0 bridgehead atoms. The van der Waals surface area contributed by atoms with Crippen LogP contribution in [0.5, 0.6) is 0 Å². The van der Waals surface area contributed by atoms with Gasteiger partial charge in [0.2, 0.25) is 0 Å². The van der Waals surface area contributed by atoms with Crippen molar-refractivity contribution in [1.29, 1.82) is 0 Å². The highest BCUT2D eigenvalue weighted by atomic mass is 14.1. The zero-order valence-electron chi connectivity index (χ0n) is 9.23. The molecule has 0 aromatic heterocycles. The van der Waals surface area contributed by atoms with E-state index in [1.807, 2.05) is 0 Å². The first-order valence-electron chi connectivity index (χ1n) is 6.31. The average molecular weight is 190 g/mol.